The largest absolute Gasteiger partial charge is 0.437 e. The molecule has 15 heavy (non-hydrogen) atoms. The Kier molecular flexibility index (Phi) is 2.80. The third kappa shape index (κ3) is 2.06. The lowest BCUT2D eigenvalue weighted by molar-refractivity contribution is 0.0988. The number of Topliss-reactive ketones (excluding diaryl/α,β-unsaturated/α-hetero) is 1. The number of ketones is 1. The van der Waals surface area contributed by atoms with E-state index in [1.54, 1.807) is 6.07 Å². The van der Waals surface area contributed by atoms with Gasteiger partial charge in [-0.3, -0.25) is 4.79 Å². The van der Waals surface area contributed by atoms with Crippen molar-refractivity contribution < 1.29 is 9.21 Å². The highest BCUT2D eigenvalue weighted by molar-refractivity contribution is 5.91. The van der Waals surface area contributed by atoms with E-state index in [1.807, 2.05) is 6.07 Å². The van der Waals surface area contributed by atoms with Crippen molar-refractivity contribution in [2.45, 2.75) is 26.7 Å². The molecule has 0 aliphatic carbocycles. The van der Waals surface area contributed by atoms with Gasteiger partial charge in [0.05, 0.1) is 0 Å². The topological polar surface area (TPSA) is 33.5 Å². The van der Waals surface area contributed by atoms with Crippen molar-refractivity contribution in [2.75, 3.05) is 18.0 Å². The van der Waals surface area contributed by atoms with Gasteiger partial charge < -0.3 is 9.32 Å². The highest BCUT2D eigenvalue weighted by Gasteiger charge is 2.23. The number of furan rings is 1. The number of nitrogens with zero attached hydrogens (tertiary/aromatic N) is 1. The number of anilines is 1. The summed E-state index contributed by atoms with van der Waals surface area (Å²) < 4.78 is 5.50. The van der Waals surface area contributed by atoms with Gasteiger partial charge in [-0.25, -0.2) is 0 Å². The number of carbonyl (C=O) groups excluding carboxylic acids is 1. The van der Waals surface area contributed by atoms with E-state index in [0.717, 1.165) is 24.9 Å². The van der Waals surface area contributed by atoms with Crippen molar-refractivity contribution in [3.05, 3.63) is 17.9 Å². The van der Waals surface area contributed by atoms with Gasteiger partial charge in [0.2, 0.25) is 0 Å². The molecule has 82 valence electrons. The summed E-state index contributed by atoms with van der Waals surface area (Å²) >= 11 is 0. The molecule has 2 rings (SSSR count). The maximum Gasteiger partial charge on any atom is 0.196 e. The van der Waals surface area contributed by atoms with E-state index in [0.29, 0.717) is 5.76 Å². The fourth-order valence-corrected chi connectivity index (χ4v) is 2.05. The summed E-state index contributed by atoms with van der Waals surface area (Å²) in [5.41, 5.74) is 0. The molecule has 3 heteroatoms. The maximum absolute atomic E-state index is 11.1. The summed E-state index contributed by atoms with van der Waals surface area (Å²) in [7, 11) is 0. The van der Waals surface area contributed by atoms with Crippen molar-refractivity contribution in [3.8, 4) is 0 Å². The molecule has 3 nitrogen and oxygen atoms in total. The van der Waals surface area contributed by atoms with Crippen LogP contribution in [0, 0.1) is 5.92 Å². The van der Waals surface area contributed by atoms with E-state index >= 15 is 0 Å². The van der Waals surface area contributed by atoms with Crippen LogP contribution in [-0.2, 0) is 0 Å². The van der Waals surface area contributed by atoms with Crippen LogP contribution >= 0.6 is 0 Å². The van der Waals surface area contributed by atoms with E-state index in [4.69, 9.17) is 4.42 Å². The first-order valence-electron chi connectivity index (χ1n) is 5.56. The lowest BCUT2D eigenvalue weighted by Gasteiger charge is -2.14. The molecule has 1 aromatic heterocycles. The Balaban J connectivity index is 2.07. The summed E-state index contributed by atoms with van der Waals surface area (Å²) in [5.74, 6) is 2.07. The molecule has 1 aliphatic rings. The second-order valence-corrected chi connectivity index (χ2v) is 4.20. The first kappa shape index (κ1) is 10.3. The molecule has 0 saturated carbocycles. The highest BCUT2D eigenvalue weighted by atomic mass is 16.4. The first-order valence-corrected chi connectivity index (χ1v) is 5.56. The van der Waals surface area contributed by atoms with Crippen LogP contribution in [0.3, 0.4) is 0 Å². The zero-order valence-corrected chi connectivity index (χ0v) is 9.32. The molecule has 0 radical (unpaired) electrons. The number of rotatable bonds is 3. The first-order chi connectivity index (χ1) is 7.20. The van der Waals surface area contributed by atoms with Gasteiger partial charge in [-0.1, -0.05) is 13.3 Å². The van der Waals surface area contributed by atoms with Gasteiger partial charge in [0.25, 0.3) is 0 Å². The third-order valence-electron chi connectivity index (χ3n) is 3.11. The molecule has 0 N–H and O–H groups in total. The van der Waals surface area contributed by atoms with Crippen LogP contribution in [0.1, 0.15) is 37.2 Å². The fourth-order valence-electron chi connectivity index (χ4n) is 2.05. The van der Waals surface area contributed by atoms with Crippen LogP contribution in [0.15, 0.2) is 16.5 Å². The van der Waals surface area contributed by atoms with E-state index in [2.05, 4.69) is 11.8 Å². The van der Waals surface area contributed by atoms with Gasteiger partial charge in [-0.05, 0) is 18.4 Å². The van der Waals surface area contributed by atoms with Crippen LogP contribution in [0.25, 0.3) is 0 Å². The predicted molar refractivity (Wildman–Crippen MR) is 59.3 cm³/mol. The van der Waals surface area contributed by atoms with Gasteiger partial charge in [0.1, 0.15) is 0 Å². The second-order valence-electron chi connectivity index (χ2n) is 4.20. The van der Waals surface area contributed by atoms with Crippen LogP contribution < -0.4 is 4.90 Å². The quantitative estimate of drug-likeness (QED) is 0.714. The molecule has 1 fully saturated rings. The fraction of sp³-hybridized carbons (Fsp3) is 0.583. The van der Waals surface area contributed by atoms with E-state index in [-0.39, 0.29) is 5.78 Å². The average molecular weight is 207 g/mol. The van der Waals surface area contributed by atoms with Crippen LogP contribution in [-0.4, -0.2) is 18.9 Å². The third-order valence-corrected chi connectivity index (χ3v) is 3.11. The Labute approximate surface area is 90.1 Å². The Hall–Kier alpha value is -1.25. The van der Waals surface area contributed by atoms with Crippen LogP contribution in [0.4, 0.5) is 5.88 Å². The summed E-state index contributed by atoms with van der Waals surface area (Å²) in [6.07, 6.45) is 2.45. The molecule has 1 saturated heterocycles. The summed E-state index contributed by atoms with van der Waals surface area (Å²) in [5, 5.41) is 0. The summed E-state index contributed by atoms with van der Waals surface area (Å²) in [6, 6.07) is 3.66. The number of hydrogen-bond donors (Lipinski definition) is 0. The Bertz CT molecular complexity index is 356. The van der Waals surface area contributed by atoms with Gasteiger partial charge in [-0.15, -0.1) is 0 Å². The summed E-state index contributed by atoms with van der Waals surface area (Å²) in [6.45, 7) is 5.85. The van der Waals surface area contributed by atoms with Gasteiger partial charge in [0.15, 0.2) is 17.4 Å². The smallest absolute Gasteiger partial charge is 0.196 e. The highest BCUT2D eigenvalue weighted by Crippen LogP contribution is 2.27. The molecule has 0 amide bonds. The van der Waals surface area contributed by atoms with E-state index in [9.17, 15) is 4.79 Å². The lowest BCUT2D eigenvalue weighted by Crippen LogP contribution is -2.18. The van der Waals surface area contributed by atoms with Crippen molar-refractivity contribution in [2.24, 2.45) is 5.92 Å². The lowest BCUT2D eigenvalue weighted by atomic mass is 10.1. The van der Waals surface area contributed by atoms with Gasteiger partial charge in [-0.2, -0.15) is 0 Å². The normalized spacial score (nSPS) is 20.9. The molecule has 0 spiro atoms. The molecule has 1 atom stereocenters. The zero-order chi connectivity index (χ0) is 10.8. The average Bonchev–Trinajstić information content (AvgIpc) is 2.86. The van der Waals surface area contributed by atoms with Crippen LogP contribution in [0.5, 0.6) is 0 Å². The Morgan fingerprint density at radius 3 is 2.93 bits per heavy atom. The molecule has 1 aliphatic heterocycles. The zero-order valence-electron chi connectivity index (χ0n) is 9.32. The molecular formula is C12H17NO2. The monoisotopic (exact) mass is 207 g/mol. The Morgan fingerprint density at radius 1 is 1.60 bits per heavy atom. The summed E-state index contributed by atoms with van der Waals surface area (Å²) in [4.78, 5) is 13.3. The molecule has 0 bridgehead atoms. The maximum atomic E-state index is 11.1. The molecular weight excluding hydrogens is 190 g/mol. The van der Waals surface area contributed by atoms with Crippen LogP contribution in [0.2, 0.25) is 0 Å². The van der Waals surface area contributed by atoms with E-state index in [1.165, 1.54) is 19.8 Å². The molecule has 1 unspecified atom stereocenters. The minimum Gasteiger partial charge on any atom is -0.437 e. The van der Waals surface area contributed by atoms with Gasteiger partial charge >= 0.3 is 0 Å². The standard InChI is InChI=1S/C12H17NO2/c1-3-10-6-7-13(8-10)12-5-4-11(15-12)9(2)14/h4-5,10H,3,6-8H2,1-2H3. The number of hydrogen-bond acceptors (Lipinski definition) is 3. The van der Waals surface area contributed by atoms with Crippen molar-refractivity contribution >= 4 is 11.7 Å². The predicted octanol–water partition coefficient (Wildman–Crippen LogP) is 2.72. The minimum absolute atomic E-state index is 0.00696. The van der Waals surface area contributed by atoms with Gasteiger partial charge in [0, 0.05) is 26.1 Å². The number of carbonyl (C=O) groups is 1. The second kappa shape index (κ2) is 4.09. The Morgan fingerprint density at radius 2 is 2.40 bits per heavy atom. The van der Waals surface area contributed by atoms with Crippen molar-refractivity contribution in [3.63, 3.8) is 0 Å². The molecule has 0 aromatic carbocycles. The van der Waals surface area contributed by atoms with Crippen molar-refractivity contribution in [1.29, 1.82) is 0 Å². The van der Waals surface area contributed by atoms with E-state index < -0.39 is 0 Å². The molecule has 2 heterocycles. The van der Waals surface area contributed by atoms with Crippen molar-refractivity contribution in [1.82, 2.24) is 0 Å². The molecule has 1 aromatic rings. The minimum atomic E-state index is -0.00696. The SMILES string of the molecule is CCC1CCN(c2ccc(C(C)=O)o2)C1.